The summed E-state index contributed by atoms with van der Waals surface area (Å²) in [6, 6.07) is 0.976. The smallest absolute Gasteiger partial charge is 0.315 e. The fourth-order valence-corrected chi connectivity index (χ4v) is 2.88. The second kappa shape index (κ2) is 5.46. The van der Waals surface area contributed by atoms with E-state index in [4.69, 9.17) is 13.9 Å². The SMILES string of the molecule is CCOC1(c2nnc(NC3CCCC3)o2)CCOC1. The van der Waals surface area contributed by atoms with Crippen molar-refractivity contribution in [1.82, 2.24) is 10.2 Å². The molecular weight excluding hydrogens is 246 g/mol. The summed E-state index contributed by atoms with van der Waals surface area (Å²) in [6.07, 6.45) is 5.67. The quantitative estimate of drug-likeness (QED) is 0.880. The summed E-state index contributed by atoms with van der Waals surface area (Å²) in [5.41, 5.74) is -0.544. The van der Waals surface area contributed by atoms with Gasteiger partial charge in [0.15, 0.2) is 5.60 Å². The molecule has 3 rings (SSSR count). The Hall–Kier alpha value is -1.14. The Kier molecular flexibility index (Phi) is 3.70. The Labute approximate surface area is 112 Å². The van der Waals surface area contributed by atoms with Gasteiger partial charge in [0, 0.05) is 19.1 Å². The molecule has 106 valence electrons. The molecule has 1 aliphatic carbocycles. The Bertz CT molecular complexity index is 409. The summed E-state index contributed by atoms with van der Waals surface area (Å²) in [7, 11) is 0. The van der Waals surface area contributed by atoms with Crippen molar-refractivity contribution in [3.8, 4) is 0 Å². The molecule has 0 spiro atoms. The van der Waals surface area contributed by atoms with Gasteiger partial charge >= 0.3 is 6.01 Å². The summed E-state index contributed by atoms with van der Waals surface area (Å²) in [4.78, 5) is 0. The molecule has 0 aromatic carbocycles. The van der Waals surface area contributed by atoms with E-state index in [0.717, 1.165) is 6.42 Å². The summed E-state index contributed by atoms with van der Waals surface area (Å²) in [5, 5.41) is 11.5. The van der Waals surface area contributed by atoms with Gasteiger partial charge in [-0.1, -0.05) is 17.9 Å². The van der Waals surface area contributed by atoms with Crippen LogP contribution in [0, 0.1) is 0 Å². The predicted octanol–water partition coefficient (Wildman–Crippen LogP) is 2.08. The van der Waals surface area contributed by atoms with Crippen LogP contribution in [0.4, 0.5) is 6.01 Å². The molecule has 1 saturated carbocycles. The molecule has 2 heterocycles. The first-order chi connectivity index (χ1) is 9.32. The number of nitrogens with zero attached hydrogens (tertiary/aromatic N) is 2. The second-order valence-electron chi connectivity index (χ2n) is 5.27. The van der Waals surface area contributed by atoms with E-state index in [1.54, 1.807) is 0 Å². The van der Waals surface area contributed by atoms with E-state index in [1.807, 2.05) is 6.92 Å². The summed E-state index contributed by atoms with van der Waals surface area (Å²) in [6.45, 7) is 3.74. The van der Waals surface area contributed by atoms with Crippen molar-refractivity contribution < 1.29 is 13.9 Å². The van der Waals surface area contributed by atoms with Crippen LogP contribution in [0.5, 0.6) is 0 Å². The molecule has 1 unspecified atom stereocenters. The van der Waals surface area contributed by atoms with Crippen LogP contribution in [0.25, 0.3) is 0 Å². The van der Waals surface area contributed by atoms with Crippen molar-refractivity contribution in [2.24, 2.45) is 0 Å². The Morgan fingerprint density at radius 3 is 2.89 bits per heavy atom. The molecule has 6 heteroatoms. The van der Waals surface area contributed by atoms with Crippen LogP contribution in [0.1, 0.15) is 44.9 Å². The van der Waals surface area contributed by atoms with E-state index in [0.29, 0.717) is 37.8 Å². The molecule has 1 aliphatic heterocycles. The summed E-state index contributed by atoms with van der Waals surface area (Å²) < 4.78 is 17.0. The van der Waals surface area contributed by atoms with Crippen LogP contribution in [0.2, 0.25) is 0 Å². The van der Waals surface area contributed by atoms with E-state index in [2.05, 4.69) is 15.5 Å². The Morgan fingerprint density at radius 1 is 1.37 bits per heavy atom. The minimum Gasteiger partial charge on any atom is -0.405 e. The van der Waals surface area contributed by atoms with Crippen LogP contribution in [-0.2, 0) is 15.1 Å². The number of aromatic nitrogens is 2. The molecule has 0 radical (unpaired) electrons. The number of ether oxygens (including phenoxy) is 2. The molecule has 6 nitrogen and oxygen atoms in total. The minimum absolute atomic E-state index is 0.469. The maximum atomic E-state index is 5.81. The van der Waals surface area contributed by atoms with Gasteiger partial charge in [0.2, 0.25) is 0 Å². The average Bonchev–Trinajstić information content (AvgIpc) is 3.11. The lowest BCUT2D eigenvalue weighted by Crippen LogP contribution is -2.30. The lowest BCUT2D eigenvalue weighted by Gasteiger charge is -2.22. The van der Waals surface area contributed by atoms with Crippen LogP contribution in [-0.4, -0.2) is 36.1 Å². The van der Waals surface area contributed by atoms with Crippen LogP contribution in [0.15, 0.2) is 4.42 Å². The third-order valence-corrected chi connectivity index (χ3v) is 3.90. The molecule has 1 aromatic rings. The van der Waals surface area contributed by atoms with Crippen molar-refractivity contribution >= 4 is 6.01 Å². The lowest BCUT2D eigenvalue weighted by molar-refractivity contribution is -0.0657. The number of hydrogen-bond donors (Lipinski definition) is 1. The van der Waals surface area contributed by atoms with Gasteiger partial charge in [-0.2, -0.15) is 0 Å². The average molecular weight is 267 g/mol. The number of anilines is 1. The van der Waals surface area contributed by atoms with Crippen molar-refractivity contribution in [2.75, 3.05) is 25.1 Å². The fraction of sp³-hybridized carbons (Fsp3) is 0.846. The first-order valence-corrected chi connectivity index (χ1v) is 7.14. The van der Waals surface area contributed by atoms with E-state index in [9.17, 15) is 0 Å². The molecule has 2 aliphatic rings. The maximum Gasteiger partial charge on any atom is 0.315 e. The van der Waals surface area contributed by atoms with Crippen LogP contribution >= 0.6 is 0 Å². The van der Waals surface area contributed by atoms with Gasteiger partial charge in [-0.15, -0.1) is 5.10 Å². The summed E-state index contributed by atoms with van der Waals surface area (Å²) >= 11 is 0. The first kappa shape index (κ1) is 12.9. The largest absolute Gasteiger partial charge is 0.405 e. The zero-order valence-corrected chi connectivity index (χ0v) is 11.4. The molecule has 0 amide bonds. The van der Waals surface area contributed by atoms with Crippen molar-refractivity contribution in [3.63, 3.8) is 0 Å². The molecule has 1 saturated heterocycles. The highest BCUT2D eigenvalue weighted by Crippen LogP contribution is 2.34. The molecule has 19 heavy (non-hydrogen) atoms. The zero-order chi connectivity index (χ0) is 13.1. The third-order valence-electron chi connectivity index (χ3n) is 3.90. The lowest BCUT2D eigenvalue weighted by atomic mass is 10.0. The van der Waals surface area contributed by atoms with E-state index in [1.165, 1.54) is 25.7 Å². The van der Waals surface area contributed by atoms with Gasteiger partial charge in [-0.3, -0.25) is 0 Å². The van der Waals surface area contributed by atoms with Gasteiger partial charge < -0.3 is 19.2 Å². The van der Waals surface area contributed by atoms with E-state index >= 15 is 0 Å². The molecule has 0 bridgehead atoms. The number of nitrogens with one attached hydrogen (secondary N) is 1. The van der Waals surface area contributed by atoms with E-state index < -0.39 is 5.60 Å². The third kappa shape index (κ3) is 2.60. The number of rotatable bonds is 5. The molecule has 1 aromatic heterocycles. The minimum atomic E-state index is -0.544. The highest BCUT2D eigenvalue weighted by atomic mass is 16.6. The zero-order valence-electron chi connectivity index (χ0n) is 11.4. The first-order valence-electron chi connectivity index (χ1n) is 7.14. The fourth-order valence-electron chi connectivity index (χ4n) is 2.88. The second-order valence-corrected chi connectivity index (χ2v) is 5.27. The monoisotopic (exact) mass is 267 g/mol. The maximum absolute atomic E-state index is 5.81. The predicted molar refractivity (Wildman–Crippen MR) is 68.9 cm³/mol. The van der Waals surface area contributed by atoms with Crippen LogP contribution in [0.3, 0.4) is 0 Å². The van der Waals surface area contributed by atoms with Crippen LogP contribution < -0.4 is 5.32 Å². The van der Waals surface area contributed by atoms with Gasteiger partial charge in [0.1, 0.15) is 0 Å². The highest BCUT2D eigenvalue weighted by Gasteiger charge is 2.43. The normalized spacial score (nSPS) is 28.1. The van der Waals surface area contributed by atoms with Gasteiger partial charge in [-0.25, -0.2) is 0 Å². The Morgan fingerprint density at radius 2 is 2.21 bits per heavy atom. The van der Waals surface area contributed by atoms with E-state index in [-0.39, 0.29) is 0 Å². The molecule has 1 atom stereocenters. The van der Waals surface area contributed by atoms with Gasteiger partial charge in [0.05, 0.1) is 13.2 Å². The standard InChI is InChI=1S/C13H21N3O3/c1-2-18-13(7-8-17-9-13)11-15-16-12(19-11)14-10-5-3-4-6-10/h10H,2-9H2,1H3,(H,14,16). The molecule has 1 N–H and O–H groups in total. The Balaban J connectivity index is 1.71. The van der Waals surface area contributed by atoms with Gasteiger partial charge in [-0.05, 0) is 19.8 Å². The highest BCUT2D eigenvalue weighted by molar-refractivity contribution is 5.21. The van der Waals surface area contributed by atoms with Crippen molar-refractivity contribution in [2.45, 2.75) is 50.7 Å². The molecular formula is C13H21N3O3. The topological polar surface area (TPSA) is 69.4 Å². The number of hydrogen-bond acceptors (Lipinski definition) is 6. The van der Waals surface area contributed by atoms with Crippen molar-refractivity contribution in [3.05, 3.63) is 5.89 Å². The van der Waals surface area contributed by atoms with Gasteiger partial charge in [0.25, 0.3) is 5.89 Å². The molecule has 2 fully saturated rings. The summed E-state index contributed by atoms with van der Waals surface area (Å²) in [5.74, 6) is 0.535. The van der Waals surface area contributed by atoms with Crippen molar-refractivity contribution in [1.29, 1.82) is 0 Å².